The van der Waals surface area contributed by atoms with Gasteiger partial charge in [-0.2, -0.15) is 5.10 Å². The molecule has 0 aliphatic carbocycles. The first kappa shape index (κ1) is 16.6. The number of hydrogen-bond donors (Lipinski definition) is 1. The molecule has 4 aromatic rings. The lowest BCUT2D eigenvalue weighted by Gasteiger charge is -2.13. The fourth-order valence-electron chi connectivity index (χ4n) is 2.92. The molecule has 1 aromatic carbocycles. The highest BCUT2D eigenvalue weighted by atomic mass is 16.4. The number of para-hydroxylation sites is 1. The third-order valence-electron chi connectivity index (χ3n) is 4.17. The van der Waals surface area contributed by atoms with E-state index in [9.17, 15) is 9.90 Å². The van der Waals surface area contributed by atoms with E-state index < -0.39 is 5.97 Å². The Hall–Kier alpha value is -3.81. The van der Waals surface area contributed by atoms with Crippen LogP contribution in [0.2, 0.25) is 0 Å². The van der Waals surface area contributed by atoms with Crippen molar-refractivity contribution in [1.82, 2.24) is 29.5 Å². The van der Waals surface area contributed by atoms with Gasteiger partial charge in [-0.1, -0.05) is 25.1 Å². The normalized spacial score (nSPS) is 10.9. The summed E-state index contributed by atoms with van der Waals surface area (Å²) in [5.41, 5.74) is 1.61. The van der Waals surface area contributed by atoms with Crippen molar-refractivity contribution in [2.45, 2.75) is 13.3 Å². The monoisotopic (exact) mass is 360 g/mol. The van der Waals surface area contributed by atoms with Crippen molar-refractivity contribution in [2.24, 2.45) is 0 Å². The fraction of sp³-hybridized carbons (Fsp3) is 0.105. The van der Waals surface area contributed by atoms with Crippen molar-refractivity contribution in [2.75, 3.05) is 0 Å². The molecular weight excluding hydrogens is 344 g/mol. The minimum Gasteiger partial charge on any atom is -0.477 e. The fourth-order valence-corrected chi connectivity index (χ4v) is 2.92. The van der Waals surface area contributed by atoms with E-state index in [4.69, 9.17) is 0 Å². The Morgan fingerprint density at radius 3 is 2.48 bits per heavy atom. The quantitative estimate of drug-likeness (QED) is 0.587. The molecule has 1 N–H and O–H groups in total. The van der Waals surface area contributed by atoms with E-state index in [-0.39, 0.29) is 5.56 Å². The Labute approximate surface area is 154 Å². The van der Waals surface area contributed by atoms with Gasteiger partial charge < -0.3 is 5.11 Å². The lowest BCUT2D eigenvalue weighted by molar-refractivity contribution is 0.0697. The molecule has 27 heavy (non-hydrogen) atoms. The lowest BCUT2D eigenvalue weighted by Crippen LogP contribution is -2.13. The zero-order valence-electron chi connectivity index (χ0n) is 14.5. The molecule has 134 valence electrons. The Balaban J connectivity index is 2.03. The van der Waals surface area contributed by atoms with Gasteiger partial charge in [-0.15, -0.1) is 10.2 Å². The maximum absolute atomic E-state index is 11.9. The van der Waals surface area contributed by atoms with Crippen molar-refractivity contribution >= 4 is 5.97 Å². The average Bonchev–Trinajstić information content (AvgIpc) is 3.33. The Kier molecular flexibility index (Phi) is 4.21. The van der Waals surface area contributed by atoms with Gasteiger partial charge in [0.15, 0.2) is 11.6 Å². The molecule has 0 amide bonds. The minimum atomic E-state index is -1.07. The first-order chi connectivity index (χ1) is 13.2. The van der Waals surface area contributed by atoms with Gasteiger partial charge in [-0.3, -0.25) is 9.55 Å². The topological polar surface area (TPSA) is 98.7 Å². The predicted molar refractivity (Wildman–Crippen MR) is 98.0 cm³/mol. The molecule has 8 nitrogen and oxygen atoms in total. The number of hydrogen-bond acceptors (Lipinski definition) is 5. The number of aromatic carboxylic acids is 1. The van der Waals surface area contributed by atoms with E-state index in [0.717, 1.165) is 11.3 Å². The van der Waals surface area contributed by atoms with Crippen LogP contribution in [-0.4, -0.2) is 40.6 Å². The summed E-state index contributed by atoms with van der Waals surface area (Å²) in [6.45, 7) is 1.94. The summed E-state index contributed by atoms with van der Waals surface area (Å²) in [6, 6.07) is 13.0. The molecule has 0 fully saturated rings. The Morgan fingerprint density at radius 2 is 1.81 bits per heavy atom. The largest absolute Gasteiger partial charge is 0.477 e. The van der Waals surface area contributed by atoms with E-state index in [1.54, 1.807) is 21.6 Å². The van der Waals surface area contributed by atoms with E-state index >= 15 is 0 Å². The highest BCUT2D eigenvalue weighted by Crippen LogP contribution is 2.27. The summed E-state index contributed by atoms with van der Waals surface area (Å²) >= 11 is 0. The van der Waals surface area contributed by atoms with Gasteiger partial charge in [0, 0.05) is 24.4 Å². The average molecular weight is 360 g/mol. The molecular formula is C19H16N6O2. The zero-order valence-corrected chi connectivity index (χ0v) is 14.5. The van der Waals surface area contributed by atoms with Crippen LogP contribution in [0.1, 0.15) is 23.1 Å². The molecule has 3 heterocycles. The molecule has 0 saturated heterocycles. The summed E-state index contributed by atoms with van der Waals surface area (Å²) in [5.74, 6) is 0.502. The first-order valence-electron chi connectivity index (χ1n) is 8.42. The van der Waals surface area contributed by atoms with Crippen LogP contribution in [0, 0.1) is 0 Å². The van der Waals surface area contributed by atoms with Gasteiger partial charge in [0.25, 0.3) is 0 Å². The van der Waals surface area contributed by atoms with Crippen molar-refractivity contribution < 1.29 is 9.90 Å². The van der Waals surface area contributed by atoms with Crippen molar-refractivity contribution in [3.63, 3.8) is 0 Å². The maximum Gasteiger partial charge on any atom is 0.341 e. The van der Waals surface area contributed by atoms with Gasteiger partial charge in [-0.05, 0) is 24.3 Å². The standard InChI is InChI=1S/C19H16N6O2/c1-2-16-22-23-17(13-8-10-20-11-9-13)24(16)18-15(19(26)27)12-21-25(18)14-6-4-3-5-7-14/h3-12H,2H2,1H3,(H,26,27). The number of aryl methyl sites for hydroxylation is 1. The highest BCUT2D eigenvalue weighted by Gasteiger charge is 2.25. The van der Waals surface area contributed by atoms with E-state index in [2.05, 4.69) is 20.3 Å². The molecule has 0 saturated carbocycles. The molecule has 0 radical (unpaired) electrons. The number of rotatable bonds is 5. The minimum absolute atomic E-state index is 0.0728. The van der Waals surface area contributed by atoms with Crippen LogP contribution >= 0.6 is 0 Å². The van der Waals surface area contributed by atoms with Crippen LogP contribution in [0.25, 0.3) is 22.9 Å². The highest BCUT2D eigenvalue weighted by molar-refractivity contribution is 5.91. The number of nitrogens with zero attached hydrogens (tertiary/aromatic N) is 6. The molecule has 4 rings (SSSR count). The van der Waals surface area contributed by atoms with Gasteiger partial charge in [0.2, 0.25) is 0 Å². The number of carboxylic acids is 1. The maximum atomic E-state index is 11.9. The second-order valence-corrected chi connectivity index (χ2v) is 5.80. The summed E-state index contributed by atoms with van der Waals surface area (Å²) in [5, 5.41) is 22.6. The molecule has 0 aliphatic heterocycles. The van der Waals surface area contributed by atoms with E-state index in [1.165, 1.54) is 6.20 Å². The Bertz CT molecular complexity index is 1090. The summed E-state index contributed by atoms with van der Waals surface area (Å²) in [6.07, 6.45) is 5.25. The van der Waals surface area contributed by atoms with Gasteiger partial charge in [0.05, 0.1) is 11.9 Å². The number of benzene rings is 1. The summed E-state index contributed by atoms with van der Waals surface area (Å²) < 4.78 is 3.34. The lowest BCUT2D eigenvalue weighted by atomic mass is 10.2. The second-order valence-electron chi connectivity index (χ2n) is 5.80. The number of carboxylic acid groups (broad SMARTS) is 1. The molecule has 0 atom stereocenters. The molecule has 0 bridgehead atoms. The van der Waals surface area contributed by atoms with Gasteiger partial charge >= 0.3 is 5.97 Å². The smallest absolute Gasteiger partial charge is 0.341 e. The molecule has 0 aliphatic rings. The zero-order chi connectivity index (χ0) is 18.8. The Morgan fingerprint density at radius 1 is 1.07 bits per heavy atom. The van der Waals surface area contributed by atoms with Crippen LogP contribution in [0.4, 0.5) is 0 Å². The van der Waals surface area contributed by atoms with Crippen LogP contribution in [0.3, 0.4) is 0 Å². The van der Waals surface area contributed by atoms with Crippen LogP contribution in [0.5, 0.6) is 0 Å². The van der Waals surface area contributed by atoms with Gasteiger partial charge in [0.1, 0.15) is 11.4 Å². The molecule has 0 unspecified atom stereocenters. The third-order valence-corrected chi connectivity index (χ3v) is 4.17. The summed E-state index contributed by atoms with van der Waals surface area (Å²) in [7, 11) is 0. The second kappa shape index (κ2) is 6.83. The van der Waals surface area contributed by atoms with Crippen LogP contribution in [0.15, 0.2) is 61.1 Å². The number of carbonyl (C=O) groups is 1. The molecule has 3 aromatic heterocycles. The number of pyridine rings is 1. The van der Waals surface area contributed by atoms with Crippen LogP contribution < -0.4 is 0 Å². The SMILES string of the molecule is CCc1nnc(-c2ccncc2)n1-c1c(C(=O)O)cnn1-c1ccccc1. The van der Waals surface area contributed by atoms with Crippen molar-refractivity contribution in [3.8, 4) is 22.9 Å². The molecule has 0 spiro atoms. The van der Waals surface area contributed by atoms with Crippen molar-refractivity contribution in [1.29, 1.82) is 0 Å². The predicted octanol–water partition coefficient (Wildman–Crippen LogP) is 2.78. The molecule has 8 heteroatoms. The summed E-state index contributed by atoms with van der Waals surface area (Å²) in [4.78, 5) is 15.9. The first-order valence-corrected chi connectivity index (χ1v) is 8.42. The van der Waals surface area contributed by atoms with Crippen LogP contribution in [-0.2, 0) is 6.42 Å². The van der Waals surface area contributed by atoms with Crippen molar-refractivity contribution in [3.05, 3.63) is 72.4 Å². The van der Waals surface area contributed by atoms with Gasteiger partial charge in [-0.25, -0.2) is 9.48 Å². The van der Waals surface area contributed by atoms with E-state index in [0.29, 0.717) is 23.9 Å². The number of aromatic nitrogens is 6. The van der Waals surface area contributed by atoms with E-state index in [1.807, 2.05) is 49.4 Å². The third kappa shape index (κ3) is 2.86.